The molecule has 0 radical (unpaired) electrons. The van der Waals surface area contributed by atoms with E-state index in [9.17, 15) is 8.78 Å². The molecule has 1 nitrogen and oxygen atoms in total. The maximum absolute atomic E-state index is 13.6. The fraction of sp³-hybridized carbons (Fsp3) is 0.538. The van der Waals surface area contributed by atoms with Crippen LogP contribution in [0.3, 0.4) is 0 Å². The largest absolute Gasteiger partial charge is 0.307 e. The van der Waals surface area contributed by atoms with Gasteiger partial charge < -0.3 is 5.32 Å². The van der Waals surface area contributed by atoms with E-state index in [2.05, 4.69) is 12.2 Å². The normalized spacial score (nSPS) is 14.6. The van der Waals surface area contributed by atoms with E-state index in [1.807, 2.05) is 13.2 Å². The van der Waals surface area contributed by atoms with Crippen LogP contribution in [-0.2, 0) is 0 Å². The summed E-state index contributed by atoms with van der Waals surface area (Å²) in [6.45, 7) is 4.00. The molecule has 1 aromatic rings. The fourth-order valence-corrected chi connectivity index (χ4v) is 2.52. The van der Waals surface area contributed by atoms with E-state index in [0.29, 0.717) is 11.6 Å². The summed E-state index contributed by atoms with van der Waals surface area (Å²) in [5.41, 5.74) is 0.519. The Morgan fingerprint density at radius 1 is 1.35 bits per heavy atom. The Bertz CT molecular complexity index is 357. The van der Waals surface area contributed by atoms with Crippen molar-refractivity contribution >= 4 is 11.8 Å². The van der Waals surface area contributed by atoms with Crippen molar-refractivity contribution in [2.45, 2.75) is 32.4 Å². The molecule has 0 aliphatic heterocycles. The summed E-state index contributed by atoms with van der Waals surface area (Å²) >= 11 is 1.76. The Labute approximate surface area is 106 Å². The van der Waals surface area contributed by atoms with Crippen molar-refractivity contribution in [3.63, 3.8) is 0 Å². The zero-order chi connectivity index (χ0) is 12.8. The zero-order valence-electron chi connectivity index (χ0n) is 10.5. The summed E-state index contributed by atoms with van der Waals surface area (Å²) in [5, 5.41) is 3.36. The minimum absolute atomic E-state index is 0.104. The quantitative estimate of drug-likeness (QED) is 0.835. The van der Waals surface area contributed by atoms with Crippen molar-refractivity contribution in [3.05, 3.63) is 35.4 Å². The molecule has 0 spiro atoms. The molecule has 1 aromatic carbocycles. The molecule has 0 saturated carbocycles. The molecule has 2 unspecified atom stereocenters. The van der Waals surface area contributed by atoms with Crippen molar-refractivity contribution in [1.29, 1.82) is 0 Å². The Morgan fingerprint density at radius 3 is 2.59 bits per heavy atom. The van der Waals surface area contributed by atoms with Crippen LogP contribution in [0.15, 0.2) is 18.2 Å². The lowest BCUT2D eigenvalue weighted by Crippen LogP contribution is -2.33. The molecule has 0 bridgehead atoms. The molecule has 0 amide bonds. The first-order valence-electron chi connectivity index (χ1n) is 5.78. The lowest BCUT2D eigenvalue weighted by Gasteiger charge is -2.22. The Morgan fingerprint density at radius 2 is 2.06 bits per heavy atom. The molecule has 1 rings (SSSR count). The predicted molar refractivity (Wildman–Crippen MR) is 70.4 cm³/mol. The van der Waals surface area contributed by atoms with E-state index in [0.717, 1.165) is 18.2 Å². The number of hydrogen-bond acceptors (Lipinski definition) is 2. The molecular weight excluding hydrogens is 240 g/mol. The maximum Gasteiger partial charge on any atom is 0.130 e. The summed E-state index contributed by atoms with van der Waals surface area (Å²) in [5.74, 6) is -0.0254. The predicted octanol–water partition coefficient (Wildman–Crippen LogP) is 3.76. The standard InChI is InChI=1S/C13H19F2NS/c1-4-11(8-17-3)16-9(2)12-6-5-10(14)7-13(12)15/h5-7,9,11,16H,4,8H2,1-3H3. The van der Waals surface area contributed by atoms with Crippen molar-refractivity contribution in [1.82, 2.24) is 5.32 Å². The number of thioether (sulfide) groups is 1. The summed E-state index contributed by atoms with van der Waals surface area (Å²) in [6.07, 6.45) is 3.04. The lowest BCUT2D eigenvalue weighted by molar-refractivity contribution is 0.456. The van der Waals surface area contributed by atoms with Gasteiger partial charge in [0.1, 0.15) is 11.6 Å². The molecule has 0 heterocycles. The molecule has 0 fully saturated rings. The second-order valence-electron chi connectivity index (χ2n) is 4.11. The van der Waals surface area contributed by atoms with Crippen LogP contribution in [0.25, 0.3) is 0 Å². The lowest BCUT2D eigenvalue weighted by atomic mass is 10.1. The van der Waals surface area contributed by atoms with Crippen LogP contribution in [0.5, 0.6) is 0 Å². The minimum Gasteiger partial charge on any atom is -0.307 e. The van der Waals surface area contributed by atoms with Gasteiger partial charge >= 0.3 is 0 Å². The second kappa shape index (κ2) is 6.97. The molecule has 4 heteroatoms. The highest BCUT2D eigenvalue weighted by Gasteiger charge is 2.15. The molecule has 0 aromatic heterocycles. The first kappa shape index (κ1) is 14.5. The third-order valence-corrected chi connectivity index (χ3v) is 3.51. The average Bonchev–Trinajstić information content (AvgIpc) is 2.28. The smallest absolute Gasteiger partial charge is 0.130 e. The zero-order valence-corrected chi connectivity index (χ0v) is 11.3. The van der Waals surface area contributed by atoms with Crippen LogP contribution in [0.4, 0.5) is 8.78 Å². The Balaban J connectivity index is 2.71. The van der Waals surface area contributed by atoms with E-state index in [1.165, 1.54) is 12.1 Å². The SMILES string of the molecule is CCC(CSC)NC(C)c1ccc(F)cc1F. The molecule has 0 aliphatic carbocycles. The van der Waals surface area contributed by atoms with Crippen LogP contribution in [-0.4, -0.2) is 18.1 Å². The highest BCUT2D eigenvalue weighted by atomic mass is 32.2. The number of rotatable bonds is 6. The molecule has 96 valence electrons. The molecule has 0 aliphatic rings. The second-order valence-corrected chi connectivity index (χ2v) is 5.03. The van der Waals surface area contributed by atoms with Gasteiger partial charge in [0.05, 0.1) is 0 Å². The van der Waals surface area contributed by atoms with Crippen LogP contribution in [0, 0.1) is 11.6 Å². The van der Waals surface area contributed by atoms with Crippen molar-refractivity contribution < 1.29 is 8.78 Å². The van der Waals surface area contributed by atoms with Gasteiger partial charge in [-0.2, -0.15) is 11.8 Å². The van der Waals surface area contributed by atoms with Gasteiger partial charge in [0, 0.05) is 29.5 Å². The highest BCUT2D eigenvalue weighted by Crippen LogP contribution is 2.19. The van der Waals surface area contributed by atoms with Crippen molar-refractivity contribution in [2.24, 2.45) is 0 Å². The van der Waals surface area contributed by atoms with Gasteiger partial charge in [-0.15, -0.1) is 0 Å². The third-order valence-electron chi connectivity index (χ3n) is 2.78. The van der Waals surface area contributed by atoms with Crippen LogP contribution >= 0.6 is 11.8 Å². The van der Waals surface area contributed by atoms with E-state index in [-0.39, 0.29) is 6.04 Å². The molecule has 2 atom stereocenters. The van der Waals surface area contributed by atoms with Crippen LogP contribution < -0.4 is 5.32 Å². The van der Waals surface area contributed by atoms with Crippen molar-refractivity contribution in [3.8, 4) is 0 Å². The molecule has 1 N–H and O–H groups in total. The van der Waals surface area contributed by atoms with E-state index < -0.39 is 11.6 Å². The molecular formula is C13H19F2NS. The minimum atomic E-state index is -0.533. The van der Waals surface area contributed by atoms with Gasteiger partial charge in [0.25, 0.3) is 0 Å². The molecule has 17 heavy (non-hydrogen) atoms. The van der Waals surface area contributed by atoms with E-state index in [4.69, 9.17) is 0 Å². The third kappa shape index (κ3) is 4.28. The number of hydrogen-bond donors (Lipinski definition) is 1. The van der Waals surface area contributed by atoms with E-state index >= 15 is 0 Å². The van der Waals surface area contributed by atoms with Crippen molar-refractivity contribution in [2.75, 3.05) is 12.0 Å². The first-order valence-corrected chi connectivity index (χ1v) is 7.17. The van der Waals surface area contributed by atoms with Gasteiger partial charge in [0.15, 0.2) is 0 Å². The summed E-state index contributed by atoms with van der Waals surface area (Å²) in [4.78, 5) is 0. The van der Waals surface area contributed by atoms with Gasteiger partial charge in [-0.25, -0.2) is 8.78 Å². The Kier molecular flexibility index (Phi) is 5.92. The van der Waals surface area contributed by atoms with Gasteiger partial charge in [-0.3, -0.25) is 0 Å². The Hall–Kier alpha value is -0.610. The topological polar surface area (TPSA) is 12.0 Å². The fourth-order valence-electron chi connectivity index (χ4n) is 1.78. The average molecular weight is 259 g/mol. The first-order chi connectivity index (χ1) is 8.08. The van der Waals surface area contributed by atoms with Gasteiger partial charge in [-0.05, 0) is 25.7 Å². The monoisotopic (exact) mass is 259 g/mol. The highest BCUT2D eigenvalue weighted by molar-refractivity contribution is 7.98. The summed E-state index contributed by atoms with van der Waals surface area (Å²) in [7, 11) is 0. The van der Waals surface area contributed by atoms with Gasteiger partial charge in [0.2, 0.25) is 0 Å². The summed E-state index contributed by atoms with van der Waals surface area (Å²) < 4.78 is 26.4. The number of nitrogens with one attached hydrogen (secondary N) is 1. The van der Waals surface area contributed by atoms with Crippen LogP contribution in [0.1, 0.15) is 31.9 Å². The van der Waals surface area contributed by atoms with Gasteiger partial charge in [-0.1, -0.05) is 13.0 Å². The van der Waals surface area contributed by atoms with Crippen LogP contribution in [0.2, 0.25) is 0 Å². The molecule has 0 saturated heterocycles. The maximum atomic E-state index is 13.6. The van der Waals surface area contributed by atoms with E-state index in [1.54, 1.807) is 11.8 Å². The number of benzene rings is 1. The summed E-state index contributed by atoms with van der Waals surface area (Å²) in [6, 6.07) is 3.99. The number of halogens is 2.